The summed E-state index contributed by atoms with van der Waals surface area (Å²) in [6.07, 6.45) is 5.47. The topological polar surface area (TPSA) is 16.4 Å². The summed E-state index contributed by atoms with van der Waals surface area (Å²) in [7, 11) is 0. The number of allylic oxidation sites excluding steroid dienone is 1. The standard InChI is InChI=1S/C69H47NO/c1-44-19-17-34-63-64(44)55-41-42-60-66(67(55)71-63)54-28-13-16-31-58(54)69(60)57-30-15-12-27-53(57)65-59(69)32-18-33-62(65)70(49-37-35-46(36-38-49)45-20-5-2-6-21-45)50-39-40-52-51-26-11-14-29-56(51)68(61(52)43-50,47-22-7-3-8-23-47)48-24-9-4-10-25-48/h2-18,20-44H,19H2,1H3/t44-,69?/m1/s1. The Hall–Kier alpha value is -8.72. The number of rotatable bonds is 6. The Kier molecular flexibility index (Phi) is 8.57. The first kappa shape index (κ1) is 40.2. The molecule has 0 saturated carbocycles. The summed E-state index contributed by atoms with van der Waals surface area (Å²) in [4.78, 5) is 2.53. The van der Waals surface area contributed by atoms with Gasteiger partial charge in [0, 0.05) is 33.5 Å². The Morgan fingerprint density at radius 3 is 1.65 bits per heavy atom. The summed E-state index contributed by atoms with van der Waals surface area (Å²) in [6.45, 7) is 2.33. The molecule has 2 nitrogen and oxygen atoms in total. The normalized spacial score (nSPS) is 17.0. The maximum atomic E-state index is 7.00. The van der Waals surface area contributed by atoms with Crippen molar-refractivity contribution in [3.8, 4) is 44.5 Å². The summed E-state index contributed by atoms with van der Waals surface area (Å²) in [6, 6.07) is 88.6. The second kappa shape index (κ2) is 15.1. The molecule has 0 saturated heterocycles. The van der Waals surface area contributed by atoms with Gasteiger partial charge in [-0.15, -0.1) is 0 Å². The number of benzene rings is 10. The average molecular weight is 906 g/mol. The van der Waals surface area contributed by atoms with E-state index in [-0.39, 0.29) is 0 Å². The molecule has 0 amide bonds. The molecule has 0 radical (unpaired) electrons. The Balaban J connectivity index is 1.01. The van der Waals surface area contributed by atoms with E-state index in [0.29, 0.717) is 5.92 Å². The lowest BCUT2D eigenvalue weighted by Gasteiger charge is -2.35. The van der Waals surface area contributed by atoms with Gasteiger partial charge in [-0.3, -0.25) is 0 Å². The predicted octanol–water partition coefficient (Wildman–Crippen LogP) is 17.8. The van der Waals surface area contributed by atoms with E-state index >= 15 is 0 Å². The molecule has 1 spiro atoms. The summed E-state index contributed by atoms with van der Waals surface area (Å²) in [5, 5.41) is 1.23. The molecule has 71 heavy (non-hydrogen) atoms. The van der Waals surface area contributed by atoms with Gasteiger partial charge in [0.25, 0.3) is 0 Å². The van der Waals surface area contributed by atoms with Crippen LogP contribution < -0.4 is 4.90 Å². The predicted molar refractivity (Wildman–Crippen MR) is 292 cm³/mol. The van der Waals surface area contributed by atoms with Crippen LogP contribution in [0.3, 0.4) is 0 Å². The molecule has 2 atom stereocenters. The minimum absolute atomic E-state index is 0.391. The van der Waals surface area contributed by atoms with E-state index < -0.39 is 10.8 Å². The van der Waals surface area contributed by atoms with Crippen molar-refractivity contribution < 1.29 is 4.42 Å². The van der Waals surface area contributed by atoms with E-state index in [1.165, 1.54) is 100.0 Å². The van der Waals surface area contributed by atoms with Crippen molar-refractivity contribution in [1.82, 2.24) is 0 Å². The van der Waals surface area contributed by atoms with Crippen molar-refractivity contribution >= 4 is 34.1 Å². The molecule has 11 aromatic rings. The van der Waals surface area contributed by atoms with Crippen LogP contribution in [0.2, 0.25) is 0 Å². The zero-order valence-corrected chi connectivity index (χ0v) is 39.3. The lowest BCUT2D eigenvalue weighted by molar-refractivity contribution is 0.587. The third kappa shape index (κ3) is 5.37. The fourth-order valence-electron chi connectivity index (χ4n) is 13.6. The highest BCUT2D eigenvalue weighted by Crippen LogP contribution is 2.66. The van der Waals surface area contributed by atoms with Crippen LogP contribution in [0.15, 0.2) is 247 Å². The molecule has 0 fully saturated rings. The fourth-order valence-corrected chi connectivity index (χ4v) is 13.6. The Morgan fingerprint density at radius 2 is 0.958 bits per heavy atom. The van der Waals surface area contributed by atoms with Crippen molar-refractivity contribution in [2.24, 2.45) is 0 Å². The second-order valence-corrected chi connectivity index (χ2v) is 19.8. The summed E-state index contributed by atoms with van der Waals surface area (Å²) < 4.78 is 7.00. The largest absolute Gasteiger partial charge is 0.456 e. The highest BCUT2D eigenvalue weighted by Gasteiger charge is 2.54. The van der Waals surface area contributed by atoms with Gasteiger partial charge in [0.2, 0.25) is 0 Å². The van der Waals surface area contributed by atoms with Gasteiger partial charge >= 0.3 is 0 Å². The van der Waals surface area contributed by atoms with Crippen LogP contribution in [-0.4, -0.2) is 0 Å². The van der Waals surface area contributed by atoms with E-state index in [0.717, 1.165) is 34.8 Å². The minimum atomic E-state index is -0.574. The highest BCUT2D eigenvalue weighted by atomic mass is 16.3. The van der Waals surface area contributed by atoms with E-state index in [4.69, 9.17) is 4.42 Å². The quantitative estimate of drug-likeness (QED) is 0.165. The number of hydrogen-bond donors (Lipinski definition) is 0. The summed E-state index contributed by atoms with van der Waals surface area (Å²) in [5.74, 6) is 1.39. The highest BCUT2D eigenvalue weighted by molar-refractivity contribution is 6.07. The first-order valence-corrected chi connectivity index (χ1v) is 25.1. The molecule has 4 aliphatic carbocycles. The number of fused-ring (bicyclic) bond motifs is 17. The lowest BCUT2D eigenvalue weighted by atomic mass is 9.67. The van der Waals surface area contributed by atoms with Crippen LogP contribution in [0.5, 0.6) is 0 Å². The van der Waals surface area contributed by atoms with Gasteiger partial charge in [0.15, 0.2) is 0 Å². The van der Waals surface area contributed by atoms with Crippen molar-refractivity contribution in [2.75, 3.05) is 4.90 Å². The van der Waals surface area contributed by atoms with Crippen LogP contribution in [-0.2, 0) is 10.8 Å². The zero-order valence-electron chi connectivity index (χ0n) is 39.3. The van der Waals surface area contributed by atoms with Gasteiger partial charge in [-0.25, -0.2) is 0 Å². The molecule has 0 aliphatic heterocycles. The van der Waals surface area contributed by atoms with E-state index in [1.807, 2.05) is 0 Å². The van der Waals surface area contributed by atoms with Gasteiger partial charge in [0.1, 0.15) is 11.3 Å². The number of anilines is 3. The molecule has 1 heterocycles. The third-order valence-electron chi connectivity index (χ3n) is 16.4. The molecule has 15 rings (SSSR count). The number of nitrogens with zero attached hydrogens (tertiary/aromatic N) is 1. The molecular weight excluding hydrogens is 859 g/mol. The van der Waals surface area contributed by atoms with Crippen molar-refractivity contribution in [3.05, 3.63) is 298 Å². The summed E-state index contributed by atoms with van der Waals surface area (Å²) >= 11 is 0. The van der Waals surface area contributed by atoms with Crippen LogP contribution in [0, 0.1) is 0 Å². The third-order valence-corrected chi connectivity index (χ3v) is 16.4. The van der Waals surface area contributed by atoms with Gasteiger partial charge in [0.05, 0.1) is 16.5 Å². The lowest BCUT2D eigenvalue weighted by Crippen LogP contribution is -2.28. The summed E-state index contributed by atoms with van der Waals surface area (Å²) in [5.41, 5.74) is 24.6. The Bertz CT molecular complexity index is 3940. The molecule has 4 aliphatic rings. The first-order chi connectivity index (χ1) is 35.2. The van der Waals surface area contributed by atoms with Crippen molar-refractivity contribution in [3.63, 3.8) is 0 Å². The average Bonchev–Trinajstić information content (AvgIpc) is 4.16. The molecule has 1 aromatic heterocycles. The van der Waals surface area contributed by atoms with Crippen LogP contribution in [0.4, 0.5) is 17.1 Å². The van der Waals surface area contributed by atoms with Crippen LogP contribution in [0.25, 0.3) is 61.6 Å². The molecular formula is C69H47NO. The molecule has 334 valence electrons. The van der Waals surface area contributed by atoms with Crippen LogP contribution >= 0.6 is 0 Å². The molecule has 1 unspecified atom stereocenters. The molecule has 10 aromatic carbocycles. The van der Waals surface area contributed by atoms with Gasteiger partial charge in [-0.1, -0.05) is 219 Å². The maximum absolute atomic E-state index is 7.00. The second-order valence-electron chi connectivity index (χ2n) is 19.8. The zero-order chi connectivity index (χ0) is 46.8. The van der Waals surface area contributed by atoms with Gasteiger partial charge < -0.3 is 9.32 Å². The fraction of sp³-hybridized carbons (Fsp3) is 0.0725. The van der Waals surface area contributed by atoms with E-state index in [1.54, 1.807) is 0 Å². The molecule has 0 bridgehead atoms. The molecule has 0 N–H and O–H groups in total. The first-order valence-electron chi connectivity index (χ1n) is 25.1. The Labute approximate surface area is 414 Å². The minimum Gasteiger partial charge on any atom is -0.456 e. The van der Waals surface area contributed by atoms with E-state index in [9.17, 15) is 0 Å². The Morgan fingerprint density at radius 1 is 0.423 bits per heavy atom. The smallest absolute Gasteiger partial charge is 0.143 e. The number of hydrogen-bond acceptors (Lipinski definition) is 2. The van der Waals surface area contributed by atoms with Gasteiger partial charge in [-0.05, 0) is 127 Å². The van der Waals surface area contributed by atoms with Gasteiger partial charge in [-0.2, -0.15) is 0 Å². The maximum Gasteiger partial charge on any atom is 0.143 e. The SMILES string of the molecule is C[C@@H]1CC=Cc2oc3c4c(ccc3c21)C1(c2ccccc2-c2c(N(c3ccc(-c5ccccc5)cc3)c3ccc5c(c3)C(c3ccccc3)(c3ccccc3)c3ccccc3-5)cccc21)c1ccccc1-4. The van der Waals surface area contributed by atoms with Crippen molar-refractivity contribution in [2.45, 2.75) is 30.1 Å². The van der Waals surface area contributed by atoms with Crippen molar-refractivity contribution in [1.29, 1.82) is 0 Å². The van der Waals surface area contributed by atoms with E-state index in [2.05, 4.69) is 261 Å². The monoisotopic (exact) mass is 905 g/mol. The number of furan rings is 1. The van der Waals surface area contributed by atoms with Crippen LogP contribution in [0.1, 0.15) is 75.1 Å². The molecule has 2 heteroatoms.